The maximum Gasteiger partial charge on any atom is 0.175 e. The normalized spacial score (nSPS) is 17.2. The fourth-order valence-electron chi connectivity index (χ4n) is 3.77. The number of hydrogen-bond acceptors (Lipinski definition) is 8. The molecular formula is C24H32Cl2N2O6S. The predicted octanol–water partition coefficient (Wildman–Crippen LogP) is 2.63. The minimum atomic E-state index is -3.25. The van der Waals surface area contributed by atoms with E-state index < -0.39 is 22.0 Å². The van der Waals surface area contributed by atoms with Crippen LogP contribution in [0.5, 0.6) is 11.5 Å². The Balaban J connectivity index is 1.29. The van der Waals surface area contributed by atoms with Crippen molar-refractivity contribution in [1.82, 2.24) is 10.2 Å². The second kappa shape index (κ2) is 13.1. The number of aliphatic hydroxyl groups excluding tert-OH is 2. The molecule has 2 atom stereocenters. The molecule has 3 N–H and O–H groups in total. The number of sulfone groups is 1. The fourth-order valence-corrected chi connectivity index (χ4v) is 4.69. The van der Waals surface area contributed by atoms with Crippen LogP contribution in [-0.2, 0) is 9.84 Å². The standard InChI is InChI=1S/C24H32Cl2N2O6S/c1-35(31,32)22-5-2-20(3-6-22)33-15-18(29)13-27-17-8-10-28(11-9-17)14-19(30)16-34-21-4-7-23(25)24(26)12-21/h2-7,12,17-19,27,29-30H,8-11,13-16H2,1H3/t18-,19-/m1/s1. The number of aliphatic hydroxyl groups is 2. The summed E-state index contributed by atoms with van der Waals surface area (Å²) >= 11 is 11.9. The third kappa shape index (κ3) is 9.42. The van der Waals surface area contributed by atoms with E-state index in [0.717, 1.165) is 32.2 Å². The van der Waals surface area contributed by atoms with Gasteiger partial charge >= 0.3 is 0 Å². The molecular weight excluding hydrogens is 515 g/mol. The molecule has 3 rings (SSSR count). The Morgan fingerprint density at radius 3 is 2.20 bits per heavy atom. The summed E-state index contributed by atoms with van der Waals surface area (Å²) in [6, 6.07) is 11.4. The van der Waals surface area contributed by atoms with Crippen molar-refractivity contribution in [3.05, 3.63) is 52.5 Å². The van der Waals surface area contributed by atoms with E-state index in [4.69, 9.17) is 32.7 Å². The third-order valence-corrected chi connectivity index (χ3v) is 7.59. The number of piperidine rings is 1. The van der Waals surface area contributed by atoms with Crippen molar-refractivity contribution in [2.45, 2.75) is 36.0 Å². The van der Waals surface area contributed by atoms with E-state index >= 15 is 0 Å². The number of rotatable bonds is 12. The summed E-state index contributed by atoms with van der Waals surface area (Å²) in [5.74, 6) is 1.07. The first kappa shape index (κ1) is 28.0. The first-order valence-corrected chi connectivity index (χ1v) is 14.1. The molecule has 2 aromatic carbocycles. The highest BCUT2D eigenvalue weighted by Gasteiger charge is 2.22. The zero-order valence-electron chi connectivity index (χ0n) is 19.6. The van der Waals surface area contributed by atoms with E-state index in [9.17, 15) is 18.6 Å². The molecule has 1 aliphatic heterocycles. The van der Waals surface area contributed by atoms with Crippen molar-refractivity contribution in [3.8, 4) is 11.5 Å². The summed E-state index contributed by atoms with van der Waals surface area (Å²) in [5, 5.41) is 24.8. The fraction of sp³-hybridized carbons (Fsp3) is 0.500. The minimum absolute atomic E-state index is 0.106. The topological polar surface area (TPSA) is 108 Å². The quantitative estimate of drug-likeness (QED) is 0.372. The van der Waals surface area contributed by atoms with Gasteiger partial charge in [0.1, 0.15) is 36.9 Å². The molecule has 0 aliphatic carbocycles. The van der Waals surface area contributed by atoms with Crippen LogP contribution in [0.3, 0.4) is 0 Å². The van der Waals surface area contributed by atoms with Crippen LogP contribution in [0.1, 0.15) is 12.8 Å². The van der Waals surface area contributed by atoms with Crippen LogP contribution in [0.25, 0.3) is 0 Å². The summed E-state index contributed by atoms with van der Waals surface area (Å²) in [7, 11) is -3.25. The van der Waals surface area contributed by atoms with Gasteiger partial charge in [-0.1, -0.05) is 23.2 Å². The highest BCUT2D eigenvalue weighted by Crippen LogP contribution is 2.26. The van der Waals surface area contributed by atoms with Crippen molar-refractivity contribution in [2.24, 2.45) is 0 Å². The van der Waals surface area contributed by atoms with Gasteiger partial charge in [-0.05, 0) is 62.3 Å². The maximum absolute atomic E-state index is 11.5. The number of likely N-dealkylation sites (tertiary alicyclic amines) is 1. The lowest BCUT2D eigenvalue weighted by Gasteiger charge is -2.33. The number of ether oxygens (including phenoxy) is 2. The zero-order valence-corrected chi connectivity index (χ0v) is 21.9. The summed E-state index contributed by atoms with van der Waals surface area (Å²) in [6.07, 6.45) is 1.64. The number of nitrogens with zero attached hydrogens (tertiary/aromatic N) is 1. The van der Waals surface area contributed by atoms with Crippen LogP contribution >= 0.6 is 23.2 Å². The first-order valence-electron chi connectivity index (χ1n) is 11.4. The number of hydrogen-bond donors (Lipinski definition) is 3. The molecule has 2 aromatic rings. The van der Waals surface area contributed by atoms with Crippen LogP contribution in [-0.4, -0.2) is 87.4 Å². The third-order valence-electron chi connectivity index (χ3n) is 5.73. The van der Waals surface area contributed by atoms with Gasteiger partial charge in [-0.25, -0.2) is 8.42 Å². The van der Waals surface area contributed by atoms with Gasteiger partial charge in [0.2, 0.25) is 0 Å². The minimum Gasteiger partial charge on any atom is -0.491 e. The van der Waals surface area contributed by atoms with Gasteiger partial charge in [0, 0.05) is 31.5 Å². The molecule has 8 nitrogen and oxygen atoms in total. The highest BCUT2D eigenvalue weighted by atomic mass is 35.5. The van der Waals surface area contributed by atoms with Gasteiger partial charge in [-0.15, -0.1) is 0 Å². The Bertz CT molecular complexity index is 1050. The van der Waals surface area contributed by atoms with Gasteiger partial charge in [0.05, 0.1) is 14.9 Å². The second-order valence-corrected chi connectivity index (χ2v) is 11.6. The van der Waals surface area contributed by atoms with Crippen molar-refractivity contribution in [2.75, 3.05) is 45.6 Å². The van der Waals surface area contributed by atoms with Gasteiger partial charge in [0.25, 0.3) is 0 Å². The molecule has 1 aliphatic rings. The average Bonchev–Trinajstić information content (AvgIpc) is 2.83. The van der Waals surface area contributed by atoms with Crippen LogP contribution in [0.4, 0.5) is 0 Å². The van der Waals surface area contributed by atoms with Crippen molar-refractivity contribution >= 4 is 33.0 Å². The number of halogens is 2. The zero-order chi connectivity index (χ0) is 25.4. The van der Waals surface area contributed by atoms with E-state index in [1.54, 1.807) is 30.3 Å². The van der Waals surface area contributed by atoms with Crippen molar-refractivity contribution in [1.29, 1.82) is 0 Å². The van der Waals surface area contributed by atoms with Gasteiger partial charge in [-0.2, -0.15) is 0 Å². The predicted molar refractivity (Wildman–Crippen MR) is 136 cm³/mol. The molecule has 11 heteroatoms. The van der Waals surface area contributed by atoms with Gasteiger partial charge in [-0.3, -0.25) is 0 Å². The van der Waals surface area contributed by atoms with E-state index in [1.165, 1.54) is 12.1 Å². The summed E-state index contributed by atoms with van der Waals surface area (Å²) in [6.45, 7) is 2.85. The van der Waals surface area contributed by atoms with Crippen LogP contribution in [0.15, 0.2) is 47.4 Å². The smallest absolute Gasteiger partial charge is 0.175 e. The van der Waals surface area contributed by atoms with Gasteiger partial charge < -0.3 is 29.9 Å². The molecule has 1 fully saturated rings. The molecule has 1 saturated heterocycles. The Hall–Kier alpha value is -1.59. The first-order chi connectivity index (χ1) is 16.6. The molecule has 0 amide bonds. The van der Waals surface area contributed by atoms with E-state index in [0.29, 0.717) is 34.6 Å². The van der Waals surface area contributed by atoms with Crippen LogP contribution in [0.2, 0.25) is 10.0 Å². The lowest BCUT2D eigenvalue weighted by Crippen LogP contribution is -2.47. The number of nitrogens with one attached hydrogen (secondary N) is 1. The summed E-state index contributed by atoms with van der Waals surface area (Å²) in [4.78, 5) is 2.42. The van der Waals surface area contributed by atoms with Crippen LogP contribution in [0, 0.1) is 0 Å². The largest absolute Gasteiger partial charge is 0.491 e. The molecule has 0 unspecified atom stereocenters. The molecule has 0 bridgehead atoms. The Kier molecular flexibility index (Phi) is 10.5. The van der Waals surface area contributed by atoms with Gasteiger partial charge in [0.15, 0.2) is 9.84 Å². The average molecular weight is 548 g/mol. The Morgan fingerprint density at radius 2 is 1.57 bits per heavy atom. The second-order valence-electron chi connectivity index (χ2n) is 8.73. The monoisotopic (exact) mass is 546 g/mol. The molecule has 194 valence electrons. The van der Waals surface area contributed by atoms with Crippen molar-refractivity contribution in [3.63, 3.8) is 0 Å². The van der Waals surface area contributed by atoms with E-state index in [-0.39, 0.29) is 24.2 Å². The Morgan fingerprint density at radius 1 is 0.971 bits per heavy atom. The number of benzene rings is 2. The molecule has 0 saturated carbocycles. The van der Waals surface area contributed by atoms with E-state index in [2.05, 4.69) is 10.2 Å². The molecule has 1 heterocycles. The highest BCUT2D eigenvalue weighted by molar-refractivity contribution is 7.90. The molecule has 0 spiro atoms. The lowest BCUT2D eigenvalue weighted by atomic mass is 10.0. The summed E-state index contributed by atoms with van der Waals surface area (Å²) < 4.78 is 34.2. The lowest BCUT2D eigenvalue weighted by molar-refractivity contribution is 0.0556. The SMILES string of the molecule is CS(=O)(=O)c1ccc(OC[C@H](O)CNC2CCN(C[C@@H](O)COc3ccc(Cl)c(Cl)c3)CC2)cc1. The Labute approximate surface area is 216 Å². The molecule has 35 heavy (non-hydrogen) atoms. The number of β-amino-alcohol motifs (C(OH)–C–C–N with tert-alkyl or cyclic N) is 1. The molecule has 0 aromatic heterocycles. The van der Waals surface area contributed by atoms with Crippen molar-refractivity contribution < 1.29 is 28.1 Å². The summed E-state index contributed by atoms with van der Waals surface area (Å²) in [5.41, 5.74) is 0. The van der Waals surface area contributed by atoms with E-state index in [1.807, 2.05) is 0 Å². The maximum atomic E-state index is 11.5. The molecule has 0 radical (unpaired) electrons. The van der Waals surface area contributed by atoms with Crippen LogP contribution < -0.4 is 14.8 Å².